The lowest BCUT2D eigenvalue weighted by Crippen LogP contribution is -2.18. The van der Waals surface area contributed by atoms with E-state index in [0.717, 1.165) is 48.8 Å². The molecule has 2 aromatic rings. The quantitative estimate of drug-likeness (QED) is 0.151. The zero-order chi connectivity index (χ0) is 25.8. The summed E-state index contributed by atoms with van der Waals surface area (Å²) in [5.74, 6) is -1.26. The number of hydrogen-bond donors (Lipinski definition) is 4. The Hall–Kier alpha value is -4.88. The van der Waals surface area contributed by atoms with Gasteiger partial charge in [-0.1, -0.05) is 6.42 Å². The predicted octanol–water partition coefficient (Wildman–Crippen LogP) is 2.47. The van der Waals surface area contributed by atoms with Crippen LogP contribution in [0.5, 0.6) is 11.5 Å². The van der Waals surface area contributed by atoms with Crippen molar-refractivity contribution in [2.75, 3.05) is 0 Å². The van der Waals surface area contributed by atoms with E-state index in [2.05, 4.69) is 21.1 Å². The first-order valence-electron chi connectivity index (χ1n) is 10.3. The SMILES string of the molecule is O=C(CCCCCC(=O)NN=Cc1cc([N+](=O)[O-])ccc1O)NN=Cc1cc([N+](=O)[O-])ccc1O. The number of nitrogens with zero attached hydrogens (tertiary/aromatic N) is 4. The number of rotatable bonds is 12. The minimum Gasteiger partial charge on any atom is -0.507 e. The number of aromatic hydroxyl groups is 2. The van der Waals surface area contributed by atoms with Crippen LogP contribution in [0.2, 0.25) is 0 Å². The molecule has 0 aliphatic heterocycles. The van der Waals surface area contributed by atoms with Crippen molar-refractivity contribution in [3.63, 3.8) is 0 Å². The molecule has 184 valence electrons. The molecular formula is C21H22N6O8. The van der Waals surface area contributed by atoms with Crippen LogP contribution in [0, 0.1) is 20.2 Å². The number of nitrogens with one attached hydrogen (secondary N) is 2. The monoisotopic (exact) mass is 486 g/mol. The summed E-state index contributed by atoms with van der Waals surface area (Å²) in [5, 5.41) is 48.2. The fraction of sp³-hybridized carbons (Fsp3) is 0.238. The maximum Gasteiger partial charge on any atom is 0.270 e. The summed E-state index contributed by atoms with van der Waals surface area (Å²) in [6.45, 7) is 0. The molecule has 0 radical (unpaired) electrons. The Bertz CT molecular complexity index is 1070. The Kier molecular flexibility index (Phi) is 9.78. The highest BCUT2D eigenvalue weighted by molar-refractivity contribution is 5.86. The number of carbonyl (C=O) groups is 2. The van der Waals surface area contributed by atoms with E-state index in [1.165, 1.54) is 0 Å². The summed E-state index contributed by atoms with van der Waals surface area (Å²) in [6, 6.07) is 6.82. The van der Waals surface area contributed by atoms with Crippen LogP contribution >= 0.6 is 0 Å². The van der Waals surface area contributed by atoms with Crippen LogP contribution in [0.25, 0.3) is 0 Å². The highest BCUT2D eigenvalue weighted by atomic mass is 16.6. The van der Waals surface area contributed by atoms with Crippen LogP contribution in [-0.2, 0) is 9.59 Å². The summed E-state index contributed by atoms with van der Waals surface area (Å²) in [4.78, 5) is 43.9. The van der Waals surface area contributed by atoms with E-state index in [9.17, 15) is 40.0 Å². The second-order valence-corrected chi connectivity index (χ2v) is 7.15. The van der Waals surface area contributed by atoms with Crippen LogP contribution in [0.4, 0.5) is 11.4 Å². The number of non-ortho nitro benzene ring substituents is 2. The van der Waals surface area contributed by atoms with Crippen molar-refractivity contribution in [3.8, 4) is 11.5 Å². The molecule has 4 N–H and O–H groups in total. The van der Waals surface area contributed by atoms with Gasteiger partial charge >= 0.3 is 0 Å². The third kappa shape index (κ3) is 8.88. The molecule has 2 amide bonds. The first-order chi connectivity index (χ1) is 16.7. The number of hydrazone groups is 2. The van der Waals surface area contributed by atoms with Crippen molar-refractivity contribution in [3.05, 3.63) is 67.8 Å². The van der Waals surface area contributed by atoms with Gasteiger partial charge in [0.05, 0.1) is 22.3 Å². The smallest absolute Gasteiger partial charge is 0.270 e. The Morgan fingerprint density at radius 1 is 0.771 bits per heavy atom. The van der Waals surface area contributed by atoms with Gasteiger partial charge < -0.3 is 10.2 Å². The lowest BCUT2D eigenvalue weighted by Gasteiger charge is -2.02. The van der Waals surface area contributed by atoms with Crippen molar-refractivity contribution in [2.45, 2.75) is 32.1 Å². The third-order valence-corrected chi connectivity index (χ3v) is 4.54. The average Bonchev–Trinajstić information content (AvgIpc) is 2.81. The van der Waals surface area contributed by atoms with Crippen molar-refractivity contribution in [1.29, 1.82) is 0 Å². The summed E-state index contributed by atoms with van der Waals surface area (Å²) >= 11 is 0. The number of amides is 2. The zero-order valence-electron chi connectivity index (χ0n) is 18.3. The molecular weight excluding hydrogens is 464 g/mol. The van der Waals surface area contributed by atoms with Gasteiger partial charge in [-0.25, -0.2) is 10.9 Å². The average molecular weight is 486 g/mol. The molecule has 2 rings (SSSR count). The number of hydrogen-bond acceptors (Lipinski definition) is 10. The summed E-state index contributed by atoms with van der Waals surface area (Å²) in [5.41, 5.74) is 4.21. The molecule has 14 nitrogen and oxygen atoms in total. The Morgan fingerprint density at radius 3 is 1.54 bits per heavy atom. The lowest BCUT2D eigenvalue weighted by molar-refractivity contribution is -0.385. The Morgan fingerprint density at radius 2 is 1.17 bits per heavy atom. The maximum atomic E-state index is 11.8. The molecule has 0 saturated carbocycles. The largest absolute Gasteiger partial charge is 0.507 e. The van der Waals surface area contributed by atoms with Gasteiger partial charge in [0, 0.05) is 48.2 Å². The van der Waals surface area contributed by atoms with E-state index >= 15 is 0 Å². The third-order valence-electron chi connectivity index (χ3n) is 4.54. The van der Waals surface area contributed by atoms with E-state index in [0.29, 0.717) is 19.3 Å². The number of phenols is 2. The molecule has 0 atom stereocenters. The number of unbranched alkanes of at least 4 members (excludes halogenated alkanes) is 2. The van der Waals surface area contributed by atoms with Gasteiger partial charge in [0.1, 0.15) is 11.5 Å². The van der Waals surface area contributed by atoms with Crippen LogP contribution in [-0.4, -0.2) is 44.3 Å². The predicted molar refractivity (Wildman–Crippen MR) is 124 cm³/mol. The van der Waals surface area contributed by atoms with E-state index in [-0.39, 0.29) is 46.8 Å². The minimum absolute atomic E-state index is 0.0777. The summed E-state index contributed by atoms with van der Waals surface area (Å²) < 4.78 is 0. The molecule has 0 aliphatic carbocycles. The van der Waals surface area contributed by atoms with Gasteiger partial charge in [-0.05, 0) is 25.0 Å². The number of nitro benzene ring substituents is 2. The molecule has 35 heavy (non-hydrogen) atoms. The van der Waals surface area contributed by atoms with Crippen LogP contribution < -0.4 is 10.9 Å². The number of benzene rings is 2. The van der Waals surface area contributed by atoms with E-state index in [4.69, 9.17) is 0 Å². The van der Waals surface area contributed by atoms with Crippen LogP contribution in [0.1, 0.15) is 43.2 Å². The van der Waals surface area contributed by atoms with E-state index in [1.54, 1.807) is 0 Å². The van der Waals surface area contributed by atoms with Gasteiger partial charge in [-0.15, -0.1) is 0 Å². The second-order valence-electron chi connectivity index (χ2n) is 7.15. The van der Waals surface area contributed by atoms with Gasteiger partial charge in [0.25, 0.3) is 11.4 Å². The molecule has 0 heterocycles. The van der Waals surface area contributed by atoms with E-state index in [1.807, 2.05) is 0 Å². The van der Waals surface area contributed by atoms with E-state index < -0.39 is 21.7 Å². The van der Waals surface area contributed by atoms with Crippen molar-refractivity contribution < 1.29 is 29.6 Å². The first kappa shape index (κ1) is 26.4. The second kappa shape index (κ2) is 13.0. The maximum absolute atomic E-state index is 11.8. The van der Waals surface area contributed by atoms with Gasteiger partial charge in [0.2, 0.25) is 11.8 Å². The first-order valence-corrected chi connectivity index (χ1v) is 10.3. The molecule has 14 heteroatoms. The number of nitro groups is 2. The molecule has 0 spiro atoms. The molecule has 0 fully saturated rings. The topological polar surface area (TPSA) is 210 Å². The molecule has 0 aliphatic rings. The van der Waals surface area contributed by atoms with Crippen molar-refractivity contribution in [1.82, 2.24) is 10.9 Å². The van der Waals surface area contributed by atoms with Crippen molar-refractivity contribution in [2.24, 2.45) is 10.2 Å². The molecule has 2 aromatic carbocycles. The molecule has 0 saturated heterocycles. The van der Waals surface area contributed by atoms with Crippen LogP contribution in [0.3, 0.4) is 0 Å². The molecule has 0 bridgehead atoms. The standard InChI is InChI=1S/C21H22N6O8/c28-18-8-6-16(26(32)33)10-14(18)12-22-24-20(30)4-2-1-3-5-21(31)25-23-13-15-11-17(27(34)35)7-9-19(15)29/h6-13,28-29H,1-5H2,(H,24,30)(H,25,31). The normalized spacial score (nSPS) is 11.0. The fourth-order valence-electron chi connectivity index (χ4n) is 2.73. The highest BCUT2D eigenvalue weighted by Gasteiger charge is 2.10. The minimum atomic E-state index is -0.621. The zero-order valence-corrected chi connectivity index (χ0v) is 18.3. The Balaban J connectivity index is 1.66. The fourth-order valence-corrected chi connectivity index (χ4v) is 2.73. The summed E-state index contributed by atoms with van der Waals surface area (Å²) in [6.07, 6.45) is 3.96. The summed E-state index contributed by atoms with van der Waals surface area (Å²) in [7, 11) is 0. The van der Waals surface area contributed by atoms with Gasteiger partial charge in [0.15, 0.2) is 0 Å². The Labute approximate surface area is 198 Å². The number of carbonyl (C=O) groups excluding carboxylic acids is 2. The van der Waals surface area contributed by atoms with Gasteiger partial charge in [-0.3, -0.25) is 29.8 Å². The molecule has 0 unspecified atom stereocenters. The number of phenolic OH excluding ortho intramolecular Hbond substituents is 2. The highest BCUT2D eigenvalue weighted by Crippen LogP contribution is 2.22. The van der Waals surface area contributed by atoms with Gasteiger partial charge in [-0.2, -0.15) is 10.2 Å². The molecule has 0 aromatic heterocycles. The van der Waals surface area contributed by atoms with Crippen molar-refractivity contribution >= 4 is 35.6 Å². The lowest BCUT2D eigenvalue weighted by atomic mass is 10.1. The van der Waals surface area contributed by atoms with Crippen LogP contribution in [0.15, 0.2) is 46.6 Å².